The zero-order valence-electron chi connectivity index (χ0n) is 37.2. The van der Waals surface area contributed by atoms with Crippen LogP contribution in [0.2, 0.25) is 0 Å². The molecule has 1 aliphatic carbocycles. The fourth-order valence-electron chi connectivity index (χ4n) is 7.08. The van der Waals surface area contributed by atoms with Crippen molar-refractivity contribution in [3.05, 3.63) is 36.5 Å². The second kappa shape index (κ2) is 36.1. The number of carbonyl (C=O) groups is 3. The van der Waals surface area contributed by atoms with Crippen molar-refractivity contribution in [3.63, 3.8) is 0 Å². The van der Waals surface area contributed by atoms with E-state index in [2.05, 4.69) is 42.7 Å². The van der Waals surface area contributed by atoms with Crippen LogP contribution in [-0.2, 0) is 37.5 Å². The summed E-state index contributed by atoms with van der Waals surface area (Å²) in [5.41, 5.74) is 0. The lowest BCUT2D eigenvalue weighted by Crippen LogP contribution is -2.29. The van der Waals surface area contributed by atoms with Gasteiger partial charge in [0.15, 0.2) is 6.10 Å². The number of aliphatic hydroxyl groups excluding tert-OH is 5. The van der Waals surface area contributed by atoms with Crippen LogP contribution in [0.4, 0.5) is 0 Å². The molecule has 0 radical (unpaired) electrons. The van der Waals surface area contributed by atoms with Crippen LogP contribution in [-0.4, -0.2) is 105 Å². The van der Waals surface area contributed by atoms with Gasteiger partial charge in [0, 0.05) is 43.9 Å². The lowest BCUT2D eigenvalue weighted by molar-refractivity contribution is -0.161. The Morgan fingerprint density at radius 1 is 0.705 bits per heavy atom. The van der Waals surface area contributed by atoms with Gasteiger partial charge in [0.2, 0.25) is 0 Å². The molecule has 0 aromatic carbocycles. The van der Waals surface area contributed by atoms with Crippen molar-refractivity contribution >= 4 is 25.5 Å². The zero-order valence-corrected chi connectivity index (χ0v) is 38.1. The molecule has 0 aliphatic heterocycles. The van der Waals surface area contributed by atoms with Gasteiger partial charge in [0.25, 0.3) is 0 Å². The van der Waals surface area contributed by atoms with Crippen LogP contribution in [0.25, 0.3) is 0 Å². The van der Waals surface area contributed by atoms with E-state index in [0.717, 1.165) is 77.0 Å². The highest BCUT2D eigenvalue weighted by Gasteiger charge is 2.41. The molecule has 1 rings (SSSR count). The molecule has 1 unspecified atom stereocenters. The minimum absolute atomic E-state index is 0.0466. The lowest BCUT2D eigenvalue weighted by Gasteiger charge is -2.20. The summed E-state index contributed by atoms with van der Waals surface area (Å²) >= 11 is 0. The number of hydrogen-bond acceptors (Lipinski definition) is 13. The number of esters is 2. The molecule has 0 bridgehead atoms. The van der Waals surface area contributed by atoms with Crippen LogP contribution in [0, 0.1) is 11.8 Å². The first kappa shape index (κ1) is 56.8. The number of unbranched alkanes of at least 4 members (excludes halogenated alkanes) is 13. The Bertz CT molecular complexity index is 1290. The predicted molar refractivity (Wildman–Crippen MR) is 235 cm³/mol. The molecule has 1 fully saturated rings. The van der Waals surface area contributed by atoms with E-state index in [4.69, 9.17) is 19.1 Å². The molecular formula is C46H81O14P. The van der Waals surface area contributed by atoms with Crippen molar-refractivity contribution < 1.29 is 67.9 Å². The van der Waals surface area contributed by atoms with E-state index in [9.17, 15) is 44.3 Å². The van der Waals surface area contributed by atoms with E-state index in [-0.39, 0.29) is 37.9 Å². The van der Waals surface area contributed by atoms with Gasteiger partial charge in [-0.15, -0.1) is 0 Å². The Hall–Kier alpha value is -2.26. The van der Waals surface area contributed by atoms with Gasteiger partial charge in [0.1, 0.15) is 18.5 Å². The molecule has 0 heterocycles. The molecule has 0 saturated heterocycles. The van der Waals surface area contributed by atoms with Gasteiger partial charge in [-0.25, -0.2) is 4.57 Å². The molecule has 15 heteroatoms. The molecule has 6 N–H and O–H groups in total. The summed E-state index contributed by atoms with van der Waals surface area (Å²) in [7, 11) is -4.71. The van der Waals surface area contributed by atoms with E-state index < -0.39 is 88.5 Å². The molecule has 0 aromatic rings. The summed E-state index contributed by atoms with van der Waals surface area (Å²) in [4.78, 5) is 48.1. The third-order valence-electron chi connectivity index (χ3n) is 10.7. The number of ketones is 1. The summed E-state index contributed by atoms with van der Waals surface area (Å²) < 4.78 is 32.6. The van der Waals surface area contributed by atoms with Crippen molar-refractivity contribution in [3.8, 4) is 0 Å². The number of rotatable bonds is 39. The molecule has 61 heavy (non-hydrogen) atoms. The van der Waals surface area contributed by atoms with Gasteiger partial charge in [-0.2, -0.15) is 0 Å². The van der Waals surface area contributed by atoms with Gasteiger partial charge < -0.3 is 39.9 Å². The minimum Gasteiger partial charge on any atom is -0.462 e. The van der Waals surface area contributed by atoms with Crippen molar-refractivity contribution in [2.45, 2.75) is 198 Å². The molecular weight excluding hydrogens is 807 g/mol. The maximum absolute atomic E-state index is 12.8. The topological polar surface area (TPSA) is 227 Å². The maximum Gasteiger partial charge on any atom is 0.472 e. The summed E-state index contributed by atoms with van der Waals surface area (Å²) in [5, 5.41) is 49.7. The summed E-state index contributed by atoms with van der Waals surface area (Å²) in [6.07, 6.45) is 25.9. The number of Topliss-reactive ketones (excluding diaryl/α,β-unsaturated/α-hetero) is 1. The number of aliphatic hydroxyl groups is 5. The van der Waals surface area contributed by atoms with Crippen LogP contribution < -0.4 is 0 Å². The van der Waals surface area contributed by atoms with Crippen molar-refractivity contribution in [2.75, 3.05) is 26.4 Å². The molecule has 14 nitrogen and oxygen atoms in total. The number of phosphoric acid groups is 1. The van der Waals surface area contributed by atoms with Gasteiger partial charge in [-0.05, 0) is 57.8 Å². The van der Waals surface area contributed by atoms with E-state index in [0.29, 0.717) is 25.7 Å². The molecule has 8 atom stereocenters. The lowest BCUT2D eigenvalue weighted by atomic mass is 9.87. The quantitative estimate of drug-likeness (QED) is 0.0149. The predicted octanol–water partition coefficient (Wildman–Crippen LogP) is 7.90. The van der Waals surface area contributed by atoms with Gasteiger partial charge in [0.05, 0.1) is 38.1 Å². The zero-order chi connectivity index (χ0) is 45.1. The van der Waals surface area contributed by atoms with E-state index in [1.807, 2.05) is 0 Å². The van der Waals surface area contributed by atoms with Crippen molar-refractivity contribution in [1.29, 1.82) is 0 Å². The molecule has 0 spiro atoms. The smallest absolute Gasteiger partial charge is 0.462 e. The number of allylic oxidation sites excluding steroid dienone is 4. The molecule has 0 amide bonds. The average molecular weight is 889 g/mol. The average Bonchev–Trinajstić information content (AvgIpc) is 3.49. The Kier molecular flexibility index (Phi) is 33.6. The third-order valence-corrected chi connectivity index (χ3v) is 11.7. The van der Waals surface area contributed by atoms with Crippen LogP contribution in [0.5, 0.6) is 0 Å². The Balaban J connectivity index is 2.47. The SMILES string of the molecule is CCCCC/C=C\C/C=C\CCCCCCCCCC(=O)O[C@H](COC(=O)CCCCC(=O)C[C@@H]1[C@@H](/C=C/[C@@H](O)CCCCC)[C@H](O)C[C@@H]1O)COP(=O)(O)OC[C@@H](O)CO. The number of ether oxygens (including phenoxy) is 2. The molecule has 0 aromatic heterocycles. The fourth-order valence-corrected chi connectivity index (χ4v) is 7.87. The van der Waals surface area contributed by atoms with E-state index in [1.165, 1.54) is 19.3 Å². The van der Waals surface area contributed by atoms with Crippen LogP contribution >= 0.6 is 7.82 Å². The van der Waals surface area contributed by atoms with Gasteiger partial charge >= 0.3 is 19.8 Å². The first-order valence-electron chi connectivity index (χ1n) is 23.1. The first-order valence-corrected chi connectivity index (χ1v) is 24.6. The summed E-state index contributed by atoms with van der Waals surface area (Å²) in [5.74, 6) is -2.26. The standard InChI is InChI=1S/C46H81O14P/c1-3-5-7-8-9-10-11-12-13-14-15-16-17-18-19-20-22-28-46(54)60-40(36-59-61(55,56)58-34-39(50)33-47)35-57-45(53)27-24-23-26-38(49)31-42-41(43(51)32-44(42)52)30-29-37(48)25-21-6-4-2/h9-10,12-13,29-30,37,39-44,47-48,50-52H,3-8,11,14-28,31-36H2,1-2H3,(H,55,56)/b10-9-,13-12-,30-29+/t37-,39-,40+,41+,42+,43+,44-/m0/s1. The second-order valence-corrected chi connectivity index (χ2v) is 17.8. The molecule has 354 valence electrons. The van der Waals surface area contributed by atoms with Crippen LogP contribution in [0.1, 0.15) is 168 Å². The van der Waals surface area contributed by atoms with Crippen molar-refractivity contribution in [1.82, 2.24) is 0 Å². The van der Waals surface area contributed by atoms with Gasteiger partial charge in [-0.3, -0.25) is 23.4 Å². The van der Waals surface area contributed by atoms with E-state index in [1.54, 1.807) is 12.2 Å². The highest BCUT2D eigenvalue weighted by molar-refractivity contribution is 7.47. The first-order chi connectivity index (χ1) is 29.3. The van der Waals surface area contributed by atoms with E-state index >= 15 is 0 Å². The molecule has 1 saturated carbocycles. The Labute approximate surface area is 365 Å². The number of hydrogen-bond donors (Lipinski definition) is 6. The minimum atomic E-state index is -4.71. The summed E-state index contributed by atoms with van der Waals surface area (Å²) in [6.45, 7) is 1.82. The Morgan fingerprint density at radius 3 is 1.95 bits per heavy atom. The highest BCUT2D eigenvalue weighted by atomic mass is 31.2. The summed E-state index contributed by atoms with van der Waals surface area (Å²) in [6, 6.07) is 0. The maximum atomic E-state index is 12.8. The second-order valence-electron chi connectivity index (χ2n) is 16.4. The largest absolute Gasteiger partial charge is 0.472 e. The number of phosphoric ester groups is 1. The van der Waals surface area contributed by atoms with Gasteiger partial charge in [-0.1, -0.05) is 115 Å². The molecule has 1 aliphatic rings. The Morgan fingerprint density at radius 2 is 1.28 bits per heavy atom. The highest BCUT2D eigenvalue weighted by Crippen LogP contribution is 2.43. The fraction of sp³-hybridized carbons (Fsp3) is 0.804. The van der Waals surface area contributed by atoms with Crippen molar-refractivity contribution in [2.24, 2.45) is 11.8 Å². The van der Waals surface area contributed by atoms with Crippen LogP contribution in [0.3, 0.4) is 0 Å². The van der Waals surface area contributed by atoms with Crippen LogP contribution in [0.15, 0.2) is 36.5 Å². The third kappa shape index (κ3) is 30.5. The number of carbonyl (C=O) groups excluding carboxylic acids is 3. The normalized spacial score (nSPS) is 20.7. The monoisotopic (exact) mass is 889 g/mol.